The second-order valence-electron chi connectivity index (χ2n) is 5.21. The molecule has 1 rings (SSSR count). The summed E-state index contributed by atoms with van der Waals surface area (Å²) in [6.07, 6.45) is 1.44. The molecular weight excluding hydrogens is 296 g/mol. The van der Waals surface area contributed by atoms with E-state index in [0.717, 1.165) is 12.0 Å². The van der Waals surface area contributed by atoms with Crippen LogP contribution in [0.1, 0.15) is 39.2 Å². The zero-order valence-electron chi connectivity index (χ0n) is 13.8. The van der Waals surface area contributed by atoms with Crippen LogP contribution < -0.4 is 10.6 Å². The van der Waals surface area contributed by atoms with E-state index in [1.54, 1.807) is 38.1 Å². The quantitative estimate of drug-likeness (QED) is 0.718. The number of carbonyl (C=O) groups is 3. The topological polar surface area (TPSA) is 84.5 Å². The van der Waals surface area contributed by atoms with Gasteiger partial charge in [-0.25, -0.2) is 4.79 Å². The molecule has 6 heteroatoms. The summed E-state index contributed by atoms with van der Waals surface area (Å²) in [6.45, 7) is 5.53. The maximum atomic E-state index is 11.9. The predicted octanol–water partition coefficient (Wildman–Crippen LogP) is 2.04. The molecule has 126 valence electrons. The highest BCUT2D eigenvalue weighted by atomic mass is 16.5. The van der Waals surface area contributed by atoms with Crippen LogP contribution in [0.15, 0.2) is 24.3 Å². The van der Waals surface area contributed by atoms with Gasteiger partial charge in [-0.05, 0) is 38.0 Å². The second-order valence-corrected chi connectivity index (χ2v) is 5.21. The van der Waals surface area contributed by atoms with Crippen molar-refractivity contribution in [1.82, 2.24) is 5.32 Å². The monoisotopic (exact) mass is 320 g/mol. The predicted molar refractivity (Wildman–Crippen MR) is 87.9 cm³/mol. The summed E-state index contributed by atoms with van der Waals surface area (Å²) in [5, 5.41) is 5.38. The minimum atomic E-state index is -0.671. The Morgan fingerprint density at radius 3 is 2.30 bits per heavy atom. The van der Waals surface area contributed by atoms with E-state index in [-0.39, 0.29) is 24.8 Å². The molecule has 0 saturated heterocycles. The molecule has 1 aromatic rings. The molecule has 0 fully saturated rings. The van der Waals surface area contributed by atoms with Crippen LogP contribution in [0.25, 0.3) is 0 Å². The highest BCUT2D eigenvalue weighted by molar-refractivity contribution is 5.90. The summed E-state index contributed by atoms with van der Waals surface area (Å²) >= 11 is 0. The van der Waals surface area contributed by atoms with Gasteiger partial charge < -0.3 is 15.4 Å². The van der Waals surface area contributed by atoms with Crippen LogP contribution in [0.4, 0.5) is 5.69 Å². The van der Waals surface area contributed by atoms with Crippen LogP contribution in [0.5, 0.6) is 0 Å². The van der Waals surface area contributed by atoms with Gasteiger partial charge in [0.15, 0.2) is 0 Å². The third kappa shape index (κ3) is 6.95. The molecule has 2 N–H and O–H groups in total. The third-order valence-corrected chi connectivity index (χ3v) is 3.10. The van der Waals surface area contributed by atoms with Crippen LogP contribution in [0, 0.1) is 0 Å². The van der Waals surface area contributed by atoms with Crippen molar-refractivity contribution in [2.24, 2.45) is 0 Å². The van der Waals surface area contributed by atoms with Crippen molar-refractivity contribution in [1.29, 1.82) is 0 Å². The van der Waals surface area contributed by atoms with Gasteiger partial charge in [0.05, 0.1) is 13.0 Å². The van der Waals surface area contributed by atoms with Gasteiger partial charge in [0, 0.05) is 12.1 Å². The summed E-state index contributed by atoms with van der Waals surface area (Å²) in [7, 11) is 0. The van der Waals surface area contributed by atoms with Crippen molar-refractivity contribution in [2.75, 3.05) is 11.9 Å². The lowest BCUT2D eigenvalue weighted by Gasteiger charge is -2.12. The first-order chi connectivity index (χ1) is 11.0. The Morgan fingerprint density at radius 1 is 1.09 bits per heavy atom. The Balaban J connectivity index is 2.49. The Bertz CT molecular complexity index is 540. The molecule has 1 atom stereocenters. The molecule has 0 saturated carbocycles. The van der Waals surface area contributed by atoms with E-state index < -0.39 is 12.0 Å². The summed E-state index contributed by atoms with van der Waals surface area (Å²) in [5.41, 5.74) is 1.50. The average Bonchev–Trinajstić information content (AvgIpc) is 2.49. The number of nitrogens with one attached hydrogen (secondary N) is 2. The van der Waals surface area contributed by atoms with Crippen molar-refractivity contribution in [3.05, 3.63) is 29.8 Å². The number of rotatable bonds is 8. The van der Waals surface area contributed by atoms with Gasteiger partial charge in [0.2, 0.25) is 11.8 Å². The summed E-state index contributed by atoms with van der Waals surface area (Å²) in [6, 6.07) is 6.39. The first-order valence-electron chi connectivity index (χ1n) is 7.81. The van der Waals surface area contributed by atoms with E-state index in [4.69, 9.17) is 4.74 Å². The summed E-state index contributed by atoms with van der Waals surface area (Å²) < 4.78 is 4.83. The minimum Gasteiger partial charge on any atom is -0.464 e. The van der Waals surface area contributed by atoms with E-state index in [1.165, 1.54) is 0 Å². The van der Waals surface area contributed by atoms with E-state index in [2.05, 4.69) is 10.6 Å². The smallest absolute Gasteiger partial charge is 0.328 e. The molecule has 0 radical (unpaired) electrons. The lowest BCUT2D eigenvalue weighted by atomic mass is 10.1. The van der Waals surface area contributed by atoms with Crippen LogP contribution >= 0.6 is 0 Å². The van der Waals surface area contributed by atoms with Crippen LogP contribution in [0.3, 0.4) is 0 Å². The molecule has 0 aliphatic carbocycles. The average molecular weight is 320 g/mol. The van der Waals surface area contributed by atoms with Crippen molar-refractivity contribution in [2.45, 2.75) is 46.1 Å². The number of esters is 1. The zero-order chi connectivity index (χ0) is 17.2. The maximum Gasteiger partial charge on any atom is 0.328 e. The number of amides is 2. The Morgan fingerprint density at radius 2 is 1.74 bits per heavy atom. The molecule has 2 amide bonds. The second kappa shape index (κ2) is 9.61. The van der Waals surface area contributed by atoms with Crippen molar-refractivity contribution in [3.8, 4) is 0 Å². The molecule has 0 aromatic heterocycles. The number of benzene rings is 1. The molecule has 23 heavy (non-hydrogen) atoms. The molecule has 1 aromatic carbocycles. The number of ether oxygens (including phenoxy) is 1. The van der Waals surface area contributed by atoms with Crippen molar-refractivity contribution in [3.63, 3.8) is 0 Å². The zero-order valence-corrected chi connectivity index (χ0v) is 13.8. The fraction of sp³-hybridized carbons (Fsp3) is 0.471. The number of hydrogen-bond donors (Lipinski definition) is 2. The Hall–Kier alpha value is -2.37. The third-order valence-electron chi connectivity index (χ3n) is 3.10. The minimum absolute atomic E-state index is 0.0266. The number of hydrogen-bond acceptors (Lipinski definition) is 4. The summed E-state index contributed by atoms with van der Waals surface area (Å²) in [5.74, 6) is -0.732. The highest BCUT2D eigenvalue weighted by Crippen LogP contribution is 2.11. The molecule has 0 spiro atoms. The van der Waals surface area contributed by atoms with Crippen LogP contribution in [-0.4, -0.2) is 30.4 Å². The van der Waals surface area contributed by atoms with Crippen LogP contribution in [-0.2, 0) is 25.5 Å². The van der Waals surface area contributed by atoms with Gasteiger partial charge in [0.1, 0.15) is 6.04 Å². The van der Waals surface area contributed by atoms with Crippen LogP contribution in [0.2, 0.25) is 0 Å². The van der Waals surface area contributed by atoms with Gasteiger partial charge in [-0.3, -0.25) is 9.59 Å². The molecule has 6 nitrogen and oxygen atoms in total. The van der Waals surface area contributed by atoms with E-state index in [9.17, 15) is 14.4 Å². The molecular formula is C17H24N2O4. The first kappa shape index (κ1) is 18.7. The molecule has 0 unspecified atom stereocenters. The highest BCUT2D eigenvalue weighted by Gasteiger charge is 2.16. The van der Waals surface area contributed by atoms with Gasteiger partial charge in [-0.1, -0.05) is 19.1 Å². The fourth-order valence-corrected chi connectivity index (χ4v) is 1.96. The lowest BCUT2D eigenvalue weighted by molar-refractivity contribution is -0.146. The van der Waals surface area contributed by atoms with Crippen molar-refractivity contribution < 1.29 is 19.1 Å². The van der Waals surface area contributed by atoms with Crippen molar-refractivity contribution >= 4 is 23.5 Å². The fourth-order valence-electron chi connectivity index (χ4n) is 1.96. The number of carbonyl (C=O) groups excluding carboxylic acids is 3. The number of anilines is 1. The Kier molecular flexibility index (Phi) is 7.80. The summed E-state index contributed by atoms with van der Waals surface area (Å²) in [4.78, 5) is 34.8. The molecule has 0 heterocycles. The Labute approximate surface area is 136 Å². The molecule has 0 aliphatic rings. The normalized spacial score (nSPS) is 11.4. The SMILES string of the molecule is CCCC(=O)Nc1ccc(CC(=O)N[C@@H](C)C(=O)OCC)cc1. The van der Waals surface area contributed by atoms with E-state index >= 15 is 0 Å². The first-order valence-corrected chi connectivity index (χ1v) is 7.81. The van der Waals surface area contributed by atoms with E-state index in [0.29, 0.717) is 12.1 Å². The maximum absolute atomic E-state index is 11.9. The standard InChI is InChI=1S/C17H24N2O4/c1-4-6-15(20)19-14-9-7-13(8-10-14)11-16(21)18-12(3)17(22)23-5-2/h7-10,12H,4-6,11H2,1-3H3,(H,18,21)(H,19,20)/t12-/m0/s1. The van der Waals surface area contributed by atoms with Gasteiger partial charge >= 0.3 is 5.97 Å². The molecule has 0 aliphatic heterocycles. The largest absolute Gasteiger partial charge is 0.464 e. The van der Waals surface area contributed by atoms with Gasteiger partial charge in [-0.15, -0.1) is 0 Å². The van der Waals surface area contributed by atoms with E-state index in [1.807, 2.05) is 6.92 Å². The lowest BCUT2D eigenvalue weighted by Crippen LogP contribution is -2.40. The molecule has 0 bridgehead atoms. The van der Waals surface area contributed by atoms with Gasteiger partial charge in [0.25, 0.3) is 0 Å². The van der Waals surface area contributed by atoms with Gasteiger partial charge in [-0.2, -0.15) is 0 Å².